The van der Waals surface area contributed by atoms with Crippen LogP contribution in [-0.4, -0.2) is 23.0 Å². The molecule has 5 nitrogen and oxygen atoms in total. The van der Waals surface area contributed by atoms with Crippen molar-refractivity contribution in [2.24, 2.45) is 0 Å². The van der Waals surface area contributed by atoms with Gasteiger partial charge in [0.05, 0.1) is 12.6 Å². The van der Waals surface area contributed by atoms with E-state index in [0.717, 1.165) is 33.5 Å². The molecular formula is C22H18N2O3. The molecule has 0 bridgehead atoms. The monoisotopic (exact) mass is 358 g/mol. The zero-order chi connectivity index (χ0) is 18.8. The lowest BCUT2D eigenvalue weighted by atomic mass is 10.0. The highest BCUT2D eigenvalue weighted by Crippen LogP contribution is 2.24. The SMILES string of the molecule is COc1ccc(-c2cc(C(=O)Cc3cccc4ccc(C)nc34)no2)cc1. The van der Waals surface area contributed by atoms with Gasteiger partial charge >= 0.3 is 0 Å². The van der Waals surface area contributed by atoms with E-state index in [4.69, 9.17) is 9.26 Å². The van der Waals surface area contributed by atoms with E-state index in [2.05, 4.69) is 10.1 Å². The van der Waals surface area contributed by atoms with Gasteiger partial charge in [0.15, 0.2) is 17.2 Å². The number of fused-ring (bicyclic) bond motifs is 1. The number of aromatic nitrogens is 2. The predicted octanol–water partition coefficient (Wildman–Crippen LogP) is 4.63. The Balaban J connectivity index is 1.59. The maximum Gasteiger partial charge on any atom is 0.189 e. The first-order valence-electron chi connectivity index (χ1n) is 8.63. The van der Waals surface area contributed by atoms with Crippen LogP contribution < -0.4 is 4.74 Å². The molecule has 0 radical (unpaired) electrons. The molecule has 134 valence electrons. The minimum absolute atomic E-state index is 0.102. The van der Waals surface area contributed by atoms with Gasteiger partial charge in [0.25, 0.3) is 0 Å². The van der Waals surface area contributed by atoms with Crippen LogP contribution in [0.4, 0.5) is 0 Å². The highest BCUT2D eigenvalue weighted by Gasteiger charge is 2.16. The summed E-state index contributed by atoms with van der Waals surface area (Å²) in [7, 11) is 1.61. The van der Waals surface area contributed by atoms with Crippen molar-refractivity contribution in [3.63, 3.8) is 0 Å². The van der Waals surface area contributed by atoms with Crippen molar-refractivity contribution in [3.8, 4) is 17.1 Å². The fourth-order valence-electron chi connectivity index (χ4n) is 3.01. The van der Waals surface area contributed by atoms with Crippen LogP contribution in [0.5, 0.6) is 5.75 Å². The predicted molar refractivity (Wildman–Crippen MR) is 103 cm³/mol. The van der Waals surface area contributed by atoms with Gasteiger partial charge in [0, 0.05) is 29.1 Å². The Hall–Kier alpha value is -3.47. The molecule has 2 aromatic heterocycles. The van der Waals surface area contributed by atoms with Crippen LogP contribution in [0.15, 0.2) is 65.2 Å². The fraction of sp³-hybridized carbons (Fsp3) is 0.136. The van der Waals surface area contributed by atoms with Gasteiger partial charge in [-0.15, -0.1) is 0 Å². The van der Waals surface area contributed by atoms with Gasteiger partial charge in [-0.1, -0.05) is 29.4 Å². The number of ketones is 1. The first-order valence-corrected chi connectivity index (χ1v) is 8.63. The largest absolute Gasteiger partial charge is 0.497 e. The smallest absolute Gasteiger partial charge is 0.189 e. The lowest BCUT2D eigenvalue weighted by molar-refractivity contribution is 0.0984. The van der Waals surface area contributed by atoms with Crippen molar-refractivity contribution >= 4 is 16.7 Å². The standard InChI is InChI=1S/C22H18N2O3/c1-14-6-7-16-4-3-5-17(22(16)23-14)12-20(25)19-13-21(27-24-19)15-8-10-18(26-2)11-9-15/h3-11,13H,12H2,1-2H3. The highest BCUT2D eigenvalue weighted by atomic mass is 16.5. The Labute approximate surface area is 156 Å². The Bertz CT molecular complexity index is 1110. The molecule has 5 heteroatoms. The number of nitrogens with zero attached hydrogens (tertiary/aromatic N) is 2. The number of Topliss-reactive ketones (excluding diaryl/α,β-unsaturated/α-hetero) is 1. The van der Waals surface area contributed by atoms with E-state index >= 15 is 0 Å². The maximum atomic E-state index is 12.7. The summed E-state index contributed by atoms with van der Waals surface area (Å²) < 4.78 is 10.5. The van der Waals surface area contributed by atoms with Crippen LogP contribution in [0.25, 0.3) is 22.2 Å². The van der Waals surface area contributed by atoms with Crippen LogP contribution in [0.1, 0.15) is 21.7 Å². The molecule has 0 aliphatic rings. The minimum atomic E-state index is -0.102. The van der Waals surface area contributed by atoms with Crippen LogP contribution in [-0.2, 0) is 6.42 Å². The Morgan fingerprint density at radius 2 is 1.89 bits per heavy atom. The second-order valence-electron chi connectivity index (χ2n) is 6.35. The molecule has 0 atom stereocenters. The molecule has 27 heavy (non-hydrogen) atoms. The van der Waals surface area contributed by atoms with Gasteiger partial charge in [-0.25, -0.2) is 0 Å². The molecule has 2 aromatic carbocycles. The fourth-order valence-corrected chi connectivity index (χ4v) is 3.01. The third kappa shape index (κ3) is 3.44. The number of carbonyl (C=O) groups excluding carboxylic acids is 1. The summed E-state index contributed by atoms with van der Waals surface area (Å²) in [6.07, 6.45) is 0.225. The molecule has 2 heterocycles. The van der Waals surface area contributed by atoms with Crippen LogP contribution in [0.3, 0.4) is 0 Å². The average Bonchev–Trinajstić information content (AvgIpc) is 3.19. The topological polar surface area (TPSA) is 65.2 Å². The molecule has 0 amide bonds. The van der Waals surface area contributed by atoms with Crippen molar-refractivity contribution in [3.05, 3.63) is 77.6 Å². The zero-order valence-electron chi connectivity index (χ0n) is 15.1. The average molecular weight is 358 g/mol. The summed E-state index contributed by atoms with van der Waals surface area (Å²) >= 11 is 0. The molecule has 4 rings (SSSR count). The minimum Gasteiger partial charge on any atom is -0.497 e. The van der Waals surface area contributed by atoms with E-state index in [9.17, 15) is 4.79 Å². The second kappa shape index (κ2) is 7.03. The summed E-state index contributed by atoms with van der Waals surface area (Å²) in [5.41, 5.74) is 3.81. The lowest BCUT2D eigenvalue weighted by Gasteiger charge is -2.05. The first kappa shape index (κ1) is 17.0. The summed E-state index contributed by atoms with van der Waals surface area (Å²) in [4.78, 5) is 17.3. The molecule has 0 unspecified atom stereocenters. The normalized spacial score (nSPS) is 10.9. The van der Waals surface area contributed by atoms with Crippen LogP contribution in [0.2, 0.25) is 0 Å². The molecule has 0 fully saturated rings. The van der Waals surface area contributed by atoms with E-state index in [1.54, 1.807) is 13.2 Å². The summed E-state index contributed by atoms with van der Waals surface area (Å²) in [5, 5.41) is 4.97. The second-order valence-corrected chi connectivity index (χ2v) is 6.35. The molecule has 0 saturated heterocycles. The van der Waals surface area contributed by atoms with E-state index in [-0.39, 0.29) is 12.2 Å². The molecule has 0 saturated carbocycles. The molecule has 0 aliphatic carbocycles. The Morgan fingerprint density at radius 1 is 1.07 bits per heavy atom. The van der Waals surface area contributed by atoms with Gasteiger partial charge in [0.1, 0.15) is 5.75 Å². The molecule has 0 spiro atoms. The Morgan fingerprint density at radius 3 is 2.67 bits per heavy atom. The maximum absolute atomic E-state index is 12.7. The van der Waals surface area contributed by atoms with Crippen LogP contribution in [0, 0.1) is 6.92 Å². The summed E-state index contributed by atoms with van der Waals surface area (Å²) in [6.45, 7) is 1.94. The third-order valence-electron chi connectivity index (χ3n) is 4.46. The summed E-state index contributed by atoms with van der Waals surface area (Å²) in [5.74, 6) is 1.20. The van der Waals surface area contributed by atoms with Gasteiger partial charge in [-0.2, -0.15) is 0 Å². The Kier molecular flexibility index (Phi) is 4.42. The van der Waals surface area contributed by atoms with E-state index in [1.807, 2.05) is 61.5 Å². The number of rotatable bonds is 5. The highest BCUT2D eigenvalue weighted by molar-refractivity contribution is 5.98. The number of hydrogen-bond acceptors (Lipinski definition) is 5. The van der Waals surface area contributed by atoms with Crippen molar-refractivity contribution in [2.45, 2.75) is 13.3 Å². The lowest BCUT2D eigenvalue weighted by Crippen LogP contribution is -2.05. The number of pyridine rings is 1. The number of hydrogen-bond donors (Lipinski definition) is 0. The van der Waals surface area contributed by atoms with Gasteiger partial charge < -0.3 is 9.26 Å². The number of para-hydroxylation sites is 1. The molecule has 4 aromatic rings. The first-order chi connectivity index (χ1) is 13.1. The summed E-state index contributed by atoms with van der Waals surface area (Å²) in [6, 6.07) is 18.9. The quantitative estimate of drug-likeness (QED) is 0.487. The van der Waals surface area contributed by atoms with Gasteiger partial charge in [-0.05, 0) is 42.8 Å². The molecule has 0 aliphatic heterocycles. The molecule has 0 N–H and O–H groups in total. The van der Waals surface area contributed by atoms with Gasteiger partial charge in [0.2, 0.25) is 0 Å². The zero-order valence-corrected chi connectivity index (χ0v) is 15.1. The third-order valence-corrected chi connectivity index (χ3v) is 4.46. The van der Waals surface area contributed by atoms with Crippen molar-refractivity contribution < 1.29 is 14.1 Å². The van der Waals surface area contributed by atoms with Gasteiger partial charge in [-0.3, -0.25) is 9.78 Å². The number of benzene rings is 2. The van der Waals surface area contributed by atoms with Crippen molar-refractivity contribution in [2.75, 3.05) is 7.11 Å². The van der Waals surface area contributed by atoms with Crippen LogP contribution >= 0.6 is 0 Å². The number of carbonyl (C=O) groups is 1. The van der Waals surface area contributed by atoms with E-state index < -0.39 is 0 Å². The van der Waals surface area contributed by atoms with Crippen molar-refractivity contribution in [1.82, 2.24) is 10.1 Å². The molecular weight excluding hydrogens is 340 g/mol. The number of methoxy groups -OCH3 is 1. The number of ether oxygens (including phenoxy) is 1. The van der Waals surface area contributed by atoms with E-state index in [0.29, 0.717) is 11.5 Å². The van der Waals surface area contributed by atoms with Crippen molar-refractivity contribution in [1.29, 1.82) is 0 Å². The van der Waals surface area contributed by atoms with E-state index in [1.165, 1.54) is 0 Å². The number of aryl methyl sites for hydroxylation is 1.